The largest absolute Gasteiger partial charge is 0.389 e. The average Bonchev–Trinajstić information content (AvgIpc) is 3.01. The molecule has 0 bridgehead atoms. The van der Waals surface area contributed by atoms with Crippen LogP contribution in [0.2, 0.25) is 0 Å². The van der Waals surface area contributed by atoms with E-state index >= 15 is 0 Å². The Balaban J connectivity index is 1.59. The quantitative estimate of drug-likeness (QED) is 0.915. The van der Waals surface area contributed by atoms with Crippen LogP contribution >= 0.6 is 11.3 Å². The van der Waals surface area contributed by atoms with Crippen molar-refractivity contribution >= 4 is 11.3 Å². The highest BCUT2D eigenvalue weighted by Crippen LogP contribution is 2.39. The highest BCUT2D eigenvalue weighted by Gasteiger charge is 2.45. The molecule has 0 radical (unpaired) electrons. The molecule has 2 atom stereocenters. The predicted octanol–water partition coefficient (Wildman–Crippen LogP) is 3.27. The van der Waals surface area contributed by atoms with E-state index in [1.807, 2.05) is 0 Å². The maximum absolute atomic E-state index is 11.2. The van der Waals surface area contributed by atoms with E-state index in [2.05, 4.69) is 31.1 Å². The van der Waals surface area contributed by atoms with Crippen LogP contribution in [0.1, 0.15) is 56.7 Å². The molecule has 0 aromatic carbocycles. The minimum atomic E-state index is -0.508. The van der Waals surface area contributed by atoms with Crippen LogP contribution in [-0.2, 0) is 11.3 Å². The molecule has 1 aromatic rings. The number of rotatable bonds is 4. The minimum Gasteiger partial charge on any atom is -0.389 e. The number of ether oxygens (including phenoxy) is 1. The molecular weight excluding hydrogens is 308 g/mol. The van der Waals surface area contributed by atoms with E-state index in [0.29, 0.717) is 17.8 Å². The molecule has 4 nitrogen and oxygen atoms in total. The summed E-state index contributed by atoms with van der Waals surface area (Å²) >= 11 is 1.77. The van der Waals surface area contributed by atoms with Crippen molar-refractivity contribution in [2.24, 2.45) is 11.8 Å². The third-order valence-electron chi connectivity index (χ3n) is 5.66. The summed E-state index contributed by atoms with van der Waals surface area (Å²) in [6.45, 7) is 11.1. The Bertz CT molecular complexity index is 513. The van der Waals surface area contributed by atoms with Crippen molar-refractivity contribution in [2.45, 2.75) is 58.1 Å². The van der Waals surface area contributed by atoms with Gasteiger partial charge in [0.05, 0.1) is 17.8 Å². The lowest BCUT2D eigenvalue weighted by atomic mass is 9.70. The van der Waals surface area contributed by atoms with Crippen molar-refractivity contribution in [3.05, 3.63) is 16.1 Å². The van der Waals surface area contributed by atoms with Crippen molar-refractivity contribution in [1.82, 2.24) is 9.88 Å². The number of aromatic nitrogens is 1. The van der Waals surface area contributed by atoms with Gasteiger partial charge in [0.15, 0.2) is 0 Å². The number of hydrogen-bond donors (Lipinski definition) is 1. The number of thiazole rings is 1. The van der Waals surface area contributed by atoms with Gasteiger partial charge in [-0.1, -0.05) is 20.8 Å². The summed E-state index contributed by atoms with van der Waals surface area (Å²) in [5.41, 5.74) is 0.695. The molecule has 2 aliphatic rings. The minimum absolute atomic E-state index is 0.309. The average molecular weight is 339 g/mol. The fraction of sp³-hybridized carbons (Fsp3) is 0.833. The zero-order valence-corrected chi connectivity index (χ0v) is 15.4. The number of likely N-dealkylation sites (tertiary alicyclic amines) is 1. The molecular formula is C18H30N2O2S. The Morgan fingerprint density at radius 1 is 1.43 bits per heavy atom. The third-order valence-corrected chi connectivity index (χ3v) is 6.51. The number of aliphatic hydroxyl groups is 1. The third kappa shape index (κ3) is 3.78. The van der Waals surface area contributed by atoms with Gasteiger partial charge >= 0.3 is 0 Å². The van der Waals surface area contributed by atoms with Gasteiger partial charge in [0, 0.05) is 31.7 Å². The van der Waals surface area contributed by atoms with Crippen LogP contribution in [0.4, 0.5) is 0 Å². The second-order valence-corrected chi connectivity index (χ2v) is 8.53. The molecule has 23 heavy (non-hydrogen) atoms. The van der Waals surface area contributed by atoms with Gasteiger partial charge in [-0.25, -0.2) is 4.98 Å². The number of nitrogens with zero attached hydrogens (tertiary/aromatic N) is 2. The SMILES string of the molecule is CC(C)c1csc(CN2CC[C@@](O)(C3CCOCC3)[C@H](C)C2)n1. The van der Waals surface area contributed by atoms with Crippen molar-refractivity contribution in [3.8, 4) is 0 Å². The molecule has 2 saturated heterocycles. The van der Waals surface area contributed by atoms with Crippen LogP contribution in [0.25, 0.3) is 0 Å². The normalized spacial score (nSPS) is 30.9. The first-order chi connectivity index (χ1) is 11.0. The van der Waals surface area contributed by atoms with E-state index in [9.17, 15) is 5.11 Å². The van der Waals surface area contributed by atoms with Crippen molar-refractivity contribution in [3.63, 3.8) is 0 Å². The van der Waals surface area contributed by atoms with Gasteiger partial charge in [0.25, 0.3) is 0 Å². The fourth-order valence-electron chi connectivity index (χ4n) is 4.02. The first kappa shape index (κ1) is 17.3. The van der Waals surface area contributed by atoms with Gasteiger partial charge in [0.2, 0.25) is 0 Å². The van der Waals surface area contributed by atoms with Gasteiger partial charge in [-0.3, -0.25) is 4.90 Å². The van der Waals surface area contributed by atoms with Gasteiger partial charge in [-0.2, -0.15) is 0 Å². The molecule has 0 aliphatic carbocycles. The molecule has 2 fully saturated rings. The van der Waals surface area contributed by atoms with E-state index in [1.165, 1.54) is 10.7 Å². The summed E-state index contributed by atoms with van der Waals surface area (Å²) in [6, 6.07) is 0. The molecule has 0 amide bonds. The molecule has 3 rings (SSSR count). The molecule has 5 heteroatoms. The van der Waals surface area contributed by atoms with Crippen molar-refractivity contribution < 1.29 is 9.84 Å². The molecule has 1 aromatic heterocycles. The Kier molecular flexibility index (Phi) is 5.41. The summed E-state index contributed by atoms with van der Waals surface area (Å²) in [5, 5.41) is 14.6. The molecule has 3 heterocycles. The zero-order chi connectivity index (χ0) is 16.4. The number of hydrogen-bond acceptors (Lipinski definition) is 5. The summed E-state index contributed by atoms with van der Waals surface area (Å²) in [6.07, 6.45) is 2.89. The highest BCUT2D eigenvalue weighted by molar-refractivity contribution is 7.09. The van der Waals surface area contributed by atoms with Crippen LogP contribution in [0, 0.1) is 11.8 Å². The zero-order valence-electron chi connectivity index (χ0n) is 14.6. The topological polar surface area (TPSA) is 45.6 Å². The molecule has 0 saturated carbocycles. The van der Waals surface area contributed by atoms with E-state index in [0.717, 1.165) is 52.1 Å². The van der Waals surface area contributed by atoms with E-state index < -0.39 is 5.60 Å². The summed E-state index contributed by atoms with van der Waals surface area (Å²) in [4.78, 5) is 7.21. The standard InChI is InChI=1S/C18H30N2O2S/c1-13(2)16-12-23-17(19-16)11-20-7-6-18(21,14(3)10-20)15-4-8-22-9-5-15/h12-15,21H,4-11H2,1-3H3/t14-,18+/m1/s1. The van der Waals surface area contributed by atoms with Gasteiger partial charge in [-0.15, -0.1) is 11.3 Å². The summed E-state index contributed by atoms with van der Waals surface area (Å²) < 4.78 is 5.46. The second-order valence-electron chi connectivity index (χ2n) is 7.58. The Morgan fingerprint density at radius 2 is 2.17 bits per heavy atom. The lowest BCUT2D eigenvalue weighted by molar-refractivity contribution is -0.131. The van der Waals surface area contributed by atoms with Gasteiger partial charge < -0.3 is 9.84 Å². The maximum Gasteiger partial charge on any atom is 0.107 e. The second kappa shape index (κ2) is 7.18. The Hall–Kier alpha value is -0.490. The first-order valence-electron chi connectivity index (χ1n) is 8.96. The number of piperidine rings is 1. The Labute approximate surface area is 143 Å². The summed E-state index contributed by atoms with van der Waals surface area (Å²) in [7, 11) is 0. The Morgan fingerprint density at radius 3 is 2.78 bits per heavy atom. The molecule has 2 aliphatic heterocycles. The predicted molar refractivity (Wildman–Crippen MR) is 93.8 cm³/mol. The van der Waals surface area contributed by atoms with E-state index in [4.69, 9.17) is 9.72 Å². The first-order valence-corrected chi connectivity index (χ1v) is 9.83. The lowest BCUT2D eigenvalue weighted by Gasteiger charge is -2.48. The van der Waals surface area contributed by atoms with E-state index in [1.54, 1.807) is 11.3 Å². The van der Waals surface area contributed by atoms with Crippen LogP contribution in [0.3, 0.4) is 0 Å². The molecule has 130 valence electrons. The molecule has 0 unspecified atom stereocenters. The highest BCUT2D eigenvalue weighted by atomic mass is 32.1. The van der Waals surface area contributed by atoms with Crippen LogP contribution in [0.5, 0.6) is 0 Å². The smallest absolute Gasteiger partial charge is 0.107 e. The maximum atomic E-state index is 11.2. The van der Waals surface area contributed by atoms with Crippen LogP contribution < -0.4 is 0 Å². The monoisotopic (exact) mass is 338 g/mol. The van der Waals surface area contributed by atoms with Gasteiger partial charge in [0.1, 0.15) is 5.01 Å². The van der Waals surface area contributed by atoms with Crippen molar-refractivity contribution in [2.75, 3.05) is 26.3 Å². The van der Waals surface area contributed by atoms with E-state index in [-0.39, 0.29) is 0 Å². The fourth-order valence-corrected chi connectivity index (χ4v) is 5.02. The van der Waals surface area contributed by atoms with Crippen LogP contribution in [-0.4, -0.2) is 46.9 Å². The lowest BCUT2D eigenvalue weighted by Crippen LogP contribution is -2.55. The molecule has 0 spiro atoms. The van der Waals surface area contributed by atoms with Crippen molar-refractivity contribution in [1.29, 1.82) is 0 Å². The van der Waals surface area contributed by atoms with Crippen LogP contribution in [0.15, 0.2) is 5.38 Å². The summed E-state index contributed by atoms with van der Waals surface area (Å²) in [5.74, 6) is 1.21. The molecule has 1 N–H and O–H groups in total. The van der Waals surface area contributed by atoms with Gasteiger partial charge in [-0.05, 0) is 37.0 Å².